The largest absolute Gasteiger partial charge is 0.483 e. The SMILES string of the molecule is CC(O)c1cc2c(c(-c3ccccc3OCC(F)(F)F)n1)CNC2=O. The molecule has 2 aromatic rings. The van der Waals surface area contributed by atoms with Crippen molar-refractivity contribution in [2.24, 2.45) is 0 Å². The van der Waals surface area contributed by atoms with Gasteiger partial charge >= 0.3 is 6.18 Å². The topological polar surface area (TPSA) is 71.5 Å². The van der Waals surface area contributed by atoms with Crippen LogP contribution in [0.2, 0.25) is 0 Å². The monoisotopic (exact) mass is 352 g/mol. The van der Waals surface area contributed by atoms with Gasteiger partial charge in [-0.3, -0.25) is 4.79 Å². The number of aliphatic hydroxyl groups excluding tert-OH is 1. The van der Waals surface area contributed by atoms with Gasteiger partial charge in [0.25, 0.3) is 5.91 Å². The van der Waals surface area contributed by atoms with Crippen LogP contribution in [0.1, 0.15) is 34.6 Å². The van der Waals surface area contributed by atoms with E-state index >= 15 is 0 Å². The van der Waals surface area contributed by atoms with Gasteiger partial charge in [-0.25, -0.2) is 4.98 Å². The number of amides is 1. The zero-order valence-electron chi connectivity index (χ0n) is 13.2. The van der Waals surface area contributed by atoms with Gasteiger partial charge in [0.1, 0.15) is 5.75 Å². The number of rotatable bonds is 4. The van der Waals surface area contributed by atoms with Crippen molar-refractivity contribution in [3.63, 3.8) is 0 Å². The number of halogens is 3. The first-order chi connectivity index (χ1) is 11.8. The summed E-state index contributed by atoms with van der Waals surface area (Å²) < 4.78 is 42.4. The Kier molecular flexibility index (Phi) is 4.38. The number of nitrogens with one attached hydrogen (secondary N) is 1. The molecule has 3 rings (SSSR count). The van der Waals surface area contributed by atoms with E-state index in [9.17, 15) is 23.1 Å². The first-order valence-electron chi connectivity index (χ1n) is 7.55. The van der Waals surface area contributed by atoms with Crippen molar-refractivity contribution in [1.29, 1.82) is 0 Å². The second kappa shape index (κ2) is 6.36. The Bertz CT molecular complexity index is 819. The lowest BCUT2D eigenvalue weighted by Gasteiger charge is -2.16. The number of hydrogen-bond acceptors (Lipinski definition) is 4. The molecule has 25 heavy (non-hydrogen) atoms. The van der Waals surface area contributed by atoms with Gasteiger partial charge < -0.3 is 15.2 Å². The Labute approximate surface area is 141 Å². The van der Waals surface area contributed by atoms with Crippen LogP contribution in [0.3, 0.4) is 0 Å². The fraction of sp³-hybridized carbons (Fsp3) is 0.294. The predicted octanol–water partition coefficient (Wildman–Crippen LogP) is 2.99. The molecule has 1 atom stereocenters. The number of nitrogens with zero attached hydrogens (tertiary/aromatic N) is 1. The molecule has 0 aliphatic carbocycles. The highest BCUT2D eigenvalue weighted by Gasteiger charge is 2.30. The van der Waals surface area contributed by atoms with Crippen LogP contribution in [0, 0.1) is 0 Å². The van der Waals surface area contributed by atoms with Gasteiger partial charge in [-0.2, -0.15) is 13.2 Å². The molecule has 0 saturated carbocycles. The summed E-state index contributed by atoms with van der Waals surface area (Å²) in [5.41, 5.74) is 1.84. The van der Waals surface area contributed by atoms with Crippen molar-refractivity contribution in [3.8, 4) is 17.0 Å². The Hall–Kier alpha value is -2.61. The number of ether oxygens (including phenoxy) is 1. The quantitative estimate of drug-likeness (QED) is 0.887. The predicted molar refractivity (Wildman–Crippen MR) is 83.0 cm³/mol. The highest BCUT2D eigenvalue weighted by atomic mass is 19.4. The Morgan fingerprint density at radius 2 is 2.04 bits per heavy atom. The fourth-order valence-corrected chi connectivity index (χ4v) is 2.62. The van der Waals surface area contributed by atoms with Gasteiger partial charge in [-0.1, -0.05) is 12.1 Å². The summed E-state index contributed by atoms with van der Waals surface area (Å²) in [6.07, 6.45) is -5.40. The molecule has 1 amide bonds. The molecule has 1 unspecified atom stereocenters. The molecule has 2 N–H and O–H groups in total. The van der Waals surface area contributed by atoms with E-state index in [0.717, 1.165) is 0 Å². The minimum atomic E-state index is -4.47. The lowest BCUT2D eigenvalue weighted by molar-refractivity contribution is -0.153. The number of para-hydroxylation sites is 1. The van der Waals surface area contributed by atoms with Crippen LogP contribution in [-0.4, -0.2) is 28.8 Å². The van der Waals surface area contributed by atoms with Crippen molar-refractivity contribution >= 4 is 5.91 Å². The third kappa shape index (κ3) is 3.58. The Morgan fingerprint density at radius 3 is 2.72 bits per heavy atom. The first-order valence-corrected chi connectivity index (χ1v) is 7.55. The number of hydrogen-bond donors (Lipinski definition) is 2. The molecule has 5 nitrogen and oxygen atoms in total. The zero-order chi connectivity index (χ0) is 18.2. The molecule has 1 aromatic heterocycles. The minimum Gasteiger partial charge on any atom is -0.483 e. The summed E-state index contributed by atoms with van der Waals surface area (Å²) in [6.45, 7) is 0.279. The molecule has 0 spiro atoms. The maximum atomic E-state index is 12.5. The van der Waals surface area contributed by atoms with E-state index in [2.05, 4.69) is 10.3 Å². The van der Waals surface area contributed by atoms with Crippen LogP contribution in [0.5, 0.6) is 5.75 Å². The molecule has 132 valence electrons. The van der Waals surface area contributed by atoms with Crippen molar-refractivity contribution in [3.05, 3.63) is 47.2 Å². The summed E-state index contributed by atoms with van der Waals surface area (Å²) in [4.78, 5) is 16.3. The number of pyridine rings is 1. The standard InChI is InChI=1S/C17H15F3N2O3/c1-9(23)13-6-11-12(7-21-16(11)24)15(22-13)10-4-2-3-5-14(10)25-8-17(18,19)20/h2-6,9,23H,7-8H2,1H3,(H,21,24). The van der Waals surface area contributed by atoms with E-state index < -0.39 is 18.9 Å². The highest BCUT2D eigenvalue weighted by Crippen LogP contribution is 2.35. The summed E-state index contributed by atoms with van der Waals surface area (Å²) in [5, 5.41) is 12.5. The van der Waals surface area contributed by atoms with Gasteiger partial charge in [0, 0.05) is 23.2 Å². The van der Waals surface area contributed by atoms with E-state index in [0.29, 0.717) is 22.4 Å². The van der Waals surface area contributed by atoms with Crippen molar-refractivity contribution < 1.29 is 27.8 Å². The summed E-state index contributed by atoms with van der Waals surface area (Å²) in [7, 11) is 0. The lowest BCUT2D eigenvalue weighted by atomic mass is 10.00. The van der Waals surface area contributed by atoms with Crippen LogP contribution in [-0.2, 0) is 6.54 Å². The second-order valence-corrected chi connectivity index (χ2v) is 5.68. The van der Waals surface area contributed by atoms with Crippen LogP contribution in [0.4, 0.5) is 13.2 Å². The van der Waals surface area contributed by atoms with Gasteiger partial charge in [0.2, 0.25) is 0 Å². The van der Waals surface area contributed by atoms with E-state index in [1.54, 1.807) is 18.2 Å². The molecule has 0 bridgehead atoms. The van der Waals surface area contributed by atoms with Crippen molar-refractivity contribution in [1.82, 2.24) is 10.3 Å². The number of aromatic nitrogens is 1. The molecule has 0 fully saturated rings. The molecule has 1 aliphatic rings. The van der Waals surface area contributed by atoms with Gasteiger partial charge in [-0.05, 0) is 25.1 Å². The van der Waals surface area contributed by atoms with Crippen LogP contribution in [0.15, 0.2) is 30.3 Å². The normalized spacial score (nSPS) is 14.8. The number of aliphatic hydroxyl groups is 1. The fourth-order valence-electron chi connectivity index (χ4n) is 2.62. The minimum absolute atomic E-state index is 0.0108. The highest BCUT2D eigenvalue weighted by molar-refractivity contribution is 6.00. The third-order valence-corrected chi connectivity index (χ3v) is 3.78. The number of carbonyl (C=O) groups excluding carboxylic acids is 1. The lowest BCUT2D eigenvalue weighted by Crippen LogP contribution is -2.19. The van der Waals surface area contributed by atoms with Gasteiger partial charge in [0.15, 0.2) is 6.61 Å². The Balaban J connectivity index is 2.11. The first kappa shape index (κ1) is 17.2. The van der Waals surface area contributed by atoms with E-state index in [4.69, 9.17) is 4.74 Å². The van der Waals surface area contributed by atoms with Gasteiger partial charge in [-0.15, -0.1) is 0 Å². The second-order valence-electron chi connectivity index (χ2n) is 5.68. The van der Waals surface area contributed by atoms with E-state index in [1.165, 1.54) is 19.1 Å². The number of benzene rings is 1. The number of fused-ring (bicyclic) bond motifs is 1. The molecule has 0 radical (unpaired) electrons. The van der Waals surface area contributed by atoms with Crippen LogP contribution in [0.25, 0.3) is 11.3 Å². The molecule has 8 heteroatoms. The van der Waals surface area contributed by atoms with E-state index in [-0.39, 0.29) is 23.9 Å². The summed E-state index contributed by atoms with van der Waals surface area (Å²) in [5.74, 6) is -0.300. The van der Waals surface area contributed by atoms with Crippen molar-refractivity contribution in [2.75, 3.05) is 6.61 Å². The van der Waals surface area contributed by atoms with Crippen LogP contribution >= 0.6 is 0 Å². The summed E-state index contributed by atoms with van der Waals surface area (Å²) in [6, 6.07) is 7.67. The third-order valence-electron chi connectivity index (χ3n) is 3.78. The van der Waals surface area contributed by atoms with Crippen molar-refractivity contribution in [2.45, 2.75) is 25.7 Å². The summed E-state index contributed by atoms with van der Waals surface area (Å²) >= 11 is 0. The molecule has 0 saturated heterocycles. The zero-order valence-corrected chi connectivity index (χ0v) is 13.2. The molecule has 2 heterocycles. The average Bonchev–Trinajstić information content (AvgIpc) is 2.93. The van der Waals surface area contributed by atoms with E-state index in [1.807, 2.05) is 0 Å². The average molecular weight is 352 g/mol. The molecule has 1 aliphatic heterocycles. The number of carbonyl (C=O) groups is 1. The molecule has 1 aromatic carbocycles. The number of alkyl halides is 3. The molecular weight excluding hydrogens is 337 g/mol. The Morgan fingerprint density at radius 1 is 1.32 bits per heavy atom. The molecular formula is C17H15F3N2O3. The maximum Gasteiger partial charge on any atom is 0.422 e. The van der Waals surface area contributed by atoms with Gasteiger partial charge in [0.05, 0.1) is 17.5 Å². The maximum absolute atomic E-state index is 12.5. The van der Waals surface area contributed by atoms with Crippen LogP contribution < -0.4 is 10.1 Å². The smallest absolute Gasteiger partial charge is 0.422 e.